The number of halogens is 1. The van der Waals surface area contributed by atoms with Gasteiger partial charge in [-0.3, -0.25) is 9.59 Å². The maximum atomic E-state index is 13.0. The first-order valence-corrected chi connectivity index (χ1v) is 11.0. The molecule has 2 aromatic carbocycles. The molecule has 2 aromatic rings. The van der Waals surface area contributed by atoms with E-state index in [1.54, 1.807) is 11.8 Å². The molecular formula is C24H31BrN2O3. The monoisotopic (exact) mass is 474 g/mol. The standard InChI is InChI=1S/C24H31BrN2O3/c1-6-18-9-13-21(14-10-18)30-16-22(28)27(15-19-7-11-20(25)12-8-19)17(2)23(29)26-24(3,4)5/h7-14,17H,6,15-16H2,1-5H3,(H,26,29). The number of hydrogen-bond acceptors (Lipinski definition) is 3. The number of aryl methyl sites for hydroxylation is 1. The van der Waals surface area contributed by atoms with Crippen LogP contribution in [0.5, 0.6) is 5.75 Å². The maximum absolute atomic E-state index is 13.0. The number of nitrogens with zero attached hydrogens (tertiary/aromatic N) is 1. The maximum Gasteiger partial charge on any atom is 0.261 e. The average molecular weight is 475 g/mol. The molecule has 1 N–H and O–H groups in total. The smallest absolute Gasteiger partial charge is 0.261 e. The second-order valence-electron chi connectivity index (χ2n) is 8.35. The van der Waals surface area contributed by atoms with E-state index in [1.165, 1.54) is 5.56 Å². The van der Waals surface area contributed by atoms with Crippen LogP contribution in [0.2, 0.25) is 0 Å². The fraction of sp³-hybridized carbons (Fsp3) is 0.417. The Kier molecular flexibility index (Phi) is 8.47. The zero-order valence-corrected chi connectivity index (χ0v) is 20.0. The van der Waals surface area contributed by atoms with E-state index in [9.17, 15) is 9.59 Å². The molecule has 30 heavy (non-hydrogen) atoms. The summed E-state index contributed by atoms with van der Waals surface area (Å²) in [6, 6.07) is 14.8. The quantitative estimate of drug-likeness (QED) is 0.601. The Balaban J connectivity index is 2.14. The zero-order chi connectivity index (χ0) is 22.3. The molecule has 1 unspecified atom stereocenters. The van der Waals surface area contributed by atoms with Crippen LogP contribution in [0.15, 0.2) is 53.0 Å². The highest BCUT2D eigenvalue weighted by Gasteiger charge is 2.28. The van der Waals surface area contributed by atoms with Crippen molar-refractivity contribution in [2.24, 2.45) is 0 Å². The van der Waals surface area contributed by atoms with Gasteiger partial charge in [-0.1, -0.05) is 47.1 Å². The molecular weight excluding hydrogens is 444 g/mol. The fourth-order valence-electron chi connectivity index (χ4n) is 2.89. The number of rotatable bonds is 8. The molecule has 0 bridgehead atoms. The van der Waals surface area contributed by atoms with Crippen molar-refractivity contribution in [3.63, 3.8) is 0 Å². The molecule has 0 saturated carbocycles. The van der Waals surface area contributed by atoms with Gasteiger partial charge >= 0.3 is 0 Å². The molecule has 1 atom stereocenters. The van der Waals surface area contributed by atoms with Gasteiger partial charge in [0.25, 0.3) is 5.91 Å². The predicted molar refractivity (Wildman–Crippen MR) is 123 cm³/mol. The van der Waals surface area contributed by atoms with Crippen LogP contribution in [0.25, 0.3) is 0 Å². The first-order chi connectivity index (χ1) is 14.1. The normalized spacial score (nSPS) is 12.2. The van der Waals surface area contributed by atoms with Crippen LogP contribution in [-0.2, 0) is 22.6 Å². The predicted octanol–water partition coefficient (Wildman–Crippen LogP) is 4.72. The number of carbonyl (C=O) groups excluding carboxylic acids is 2. The summed E-state index contributed by atoms with van der Waals surface area (Å²) in [7, 11) is 0. The molecule has 0 fully saturated rings. The van der Waals surface area contributed by atoms with Crippen molar-refractivity contribution in [1.82, 2.24) is 10.2 Å². The third kappa shape index (κ3) is 7.48. The van der Waals surface area contributed by atoms with Crippen molar-refractivity contribution < 1.29 is 14.3 Å². The van der Waals surface area contributed by atoms with Crippen LogP contribution < -0.4 is 10.1 Å². The number of carbonyl (C=O) groups is 2. The Hall–Kier alpha value is -2.34. The van der Waals surface area contributed by atoms with Crippen LogP contribution >= 0.6 is 15.9 Å². The van der Waals surface area contributed by atoms with Gasteiger partial charge in [0.15, 0.2) is 6.61 Å². The number of benzene rings is 2. The average Bonchev–Trinajstić information content (AvgIpc) is 2.70. The fourth-order valence-corrected chi connectivity index (χ4v) is 3.16. The third-order valence-corrected chi connectivity index (χ3v) is 5.15. The Morgan fingerprint density at radius 2 is 1.60 bits per heavy atom. The highest BCUT2D eigenvalue weighted by atomic mass is 79.9. The summed E-state index contributed by atoms with van der Waals surface area (Å²) in [4.78, 5) is 27.3. The summed E-state index contributed by atoms with van der Waals surface area (Å²) in [6.45, 7) is 9.78. The number of nitrogens with one attached hydrogen (secondary N) is 1. The van der Waals surface area contributed by atoms with Gasteiger partial charge in [0.2, 0.25) is 5.91 Å². The molecule has 0 aromatic heterocycles. The van der Waals surface area contributed by atoms with Crippen LogP contribution in [0.1, 0.15) is 45.7 Å². The molecule has 0 saturated heterocycles. The zero-order valence-electron chi connectivity index (χ0n) is 18.4. The van der Waals surface area contributed by atoms with E-state index in [2.05, 4.69) is 28.2 Å². The molecule has 0 aliphatic rings. The summed E-state index contributed by atoms with van der Waals surface area (Å²) in [5.41, 5.74) is 1.77. The van der Waals surface area contributed by atoms with E-state index in [-0.39, 0.29) is 24.0 Å². The van der Waals surface area contributed by atoms with Crippen molar-refractivity contribution >= 4 is 27.7 Å². The second kappa shape index (κ2) is 10.6. The lowest BCUT2D eigenvalue weighted by Gasteiger charge is -2.31. The van der Waals surface area contributed by atoms with Crippen molar-refractivity contribution in [2.75, 3.05) is 6.61 Å². The molecule has 0 spiro atoms. The highest BCUT2D eigenvalue weighted by molar-refractivity contribution is 9.10. The topological polar surface area (TPSA) is 58.6 Å². The second-order valence-corrected chi connectivity index (χ2v) is 9.27. The molecule has 5 nitrogen and oxygen atoms in total. The molecule has 2 amide bonds. The van der Waals surface area contributed by atoms with Crippen molar-refractivity contribution in [3.8, 4) is 5.75 Å². The third-order valence-electron chi connectivity index (χ3n) is 4.63. The molecule has 0 heterocycles. The molecule has 6 heteroatoms. The highest BCUT2D eigenvalue weighted by Crippen LogP contribution is 2.16. The summed E-state index contributed by atoms with van der Waals surface area (Å²) in [5, 5.41) is 2.95. The number of hydrogen-bond donors (Lipinski definition) is 1. The Bertz CT molecular complexity index is 842. The van der Waals surface area contributed by atoms with E-state index in [1.807, 2.05) is 69.3 Å². The van der Waals surface area contributed by atoms with Crippen molar-refractivity contribution in [3.05, 3.63) is 64.1 Å². The number of ether oxygens (including phenoxy) is 1. The van der Waals surface area contributed by atoms with Crippen LogP contribution in [0, 0.1) is 0 Å². The molecule has 2 rings (SSSR count). The van der Waals surface area contributed by atoms with Crippen molar-refractivity contribution in [2.45, 2.75) is 59.2 Å². The molecule has 0 radical (unpaired) electrons. The summed E-state index contributed by atoms with van der Waals surface area (Å²) in [6.07, 6.45) is 0.945. The van der Waals surface area contributed by atoms with Gasteiger partial charge in [-0.05, 0) is 69.5 Å². The lowest BCUT2D eigenvalue weighted by Crippen LogP contribution is -2.53. The minimum atomic E-state index is -0.633. The van der Waals surface area contributed by atoms with Crippen LogP contribution in [0.3, 0.4) is 0 Å². The van der Waals surface area contributed by atoms with Gasteiger partial charge in [-0.25, -0.2) is 0 Å². The Morgan fingerprint density at radius 1 is 1.03 bits per heavy atom. The summed E-state index contributed by atoms with van der Waals surface area (Å²) >= 11 is 3.42. The minimum Gasteiger partial charge on any atom is -0.484 e. The largest absolute Gasteiger partial charge is 0.484 e. The first kappa shape index (κ1) is 23.9. The van der Waals surface area contributed by atoms with E-state index in [0.29, 0.717) is 12.3 Å². The Morgan fingerprint density at radius 3 is 2.13 bits per heavy atom. The first-order valence-electron chi connectivity index (χ1n) is 10.2. The lowest BCUT2D eigenvalue weighted by atomic mass is 10.1. The van der Waals surface area contributed by atoms with Crippen molar-refractivity contribution in [1.29, 1.82) is 0 Å². The van der Waals surface area contributed by atoms with Crippen LogP contribution in [-0.4, -0.2) is 34.9 Å². The SMILES string of the molecule is CCc1ccc(OCC(=O)N(Cc2ccc(Br)cc2)C(C)C(=O)NC(C)(C)C)cc1. The molecule has 162 valence electrons. The number of amides is 2. The van der Waals surface area contributed by atoms with Gasteiger partial charge < -0.3 is 15.0 Å². The van der Waals surface area contributed by atoms with Crippen LogP contribution in [0.4, 0.5) is 0 Å². The van der Waals surface area contributed by atoms with Gasteiger partial charge in [0.1, 0.15) is 11.8 Å². The lowest BCUT2D eigenvalue weighted by molar-refractivity contribution is -0.142. The van der Waals surface area contributed by atoms with Gasteiger partial charge in [0.05, 0.1) is 0 Å². The summed E-state index contributed by atoms with van der Waals surface area (Å²) < 4.78 is 6.67. The van der Waals surface area contributed by atoms with Gasteiger partial charge in [0, 0.05) is 16.6 Å². The van der Waals surface area contributed by atoms with E-state index in [4.69, 9.17) is 4.74 Å². The summed E-state index contributed by atoms with van der Waals surface area (Å²) in [5.74, 6) is 0.199. The van der Waals surface area contributed by atoms with Gasteiger partial charge in [-0.15, -0.1) is 0 Å². The van der Waals surface area contributed by atoms with Gasteiger partial charge in [-0.2, -0.15) is 0 Å². The van der Waals surface area contributed by atoms with E-state index < -0.39 is 6.04 Å². The Labute approximate surface area is 187 Å². The molecule has 0 aliphatic carbocycles. The molecule has 0 aliphatic heterocycles. The minimum absolute atomic E-state index is 0.130. The van der Waals surface area contributed by atoms with E-state index in [0.717, 1.165) is 16.5 Å². The van der Waals surface area contributed by atoms with E-state index >= 15 is 0 Å².